The number of halogens is 1. The monoisotopic (exact) mass is 161 g/mol. The summed E-state index contributed by atoms with van der Waals surface area (Å²) < 4.78 is 0. The van der Waals surface area contributed by atoms with E-state index in [4.69, 9.17) is 5.73 Å². The Bertz CT molecular complexity index is 209. The fraction of sp³-hybridized carbons (Fsp3) is 0.200. The number of quaternary nitrogens is 1. The van der Waals surface area contributed by atoms with Crippen molar-refractivity contribution in [3.05, 3.63) is 11.8 Å². The van der Waals surface area contributed by atoms with Gasteiger partial charge in [0.15, 0.2) is 0 Å². The van der Waals surface area contributed by atoms with Crippen molar-refractivity contribution in [1.29, 1.82) is 0 Å². The number of amides is 2. The van der Waals surface area contributed by atoms with Crippen LogP contribution in [0.15, 0.2) is 16.8 Å². The number of carbonyl (C=O) groups is 1. The number of primary amides is 1. The first-order valence-electron chi connectivity index (χ1n) is 2.60. The first-order valence-corrected chi connectivity index (χ1v) is 2.60. The summed E-state index contributed by atoms with van der Waals surface area (Å²) in [5, 5.41) is 1.39. The Labute approximate surface area is 64.6 Å². The first kappa shape index (κ1) is 9.13. The van der Waals surface area contributed by atoms with E-state index in [1.54, 1.807) is 6.20 Å². The molecule has 0 unspecified atom stereocenters. The van der Waals surface area contributed by atoms with Crippen LogP contribution in [0.5, 0.6) is 0 Å². The molecule has 56 valence electrons. The Morgan fingerprint density at radius 1 is 1.70 bits per heavy atom. The average Bonchev–Trinajstić information content (AvgIpc) is 1.80. The van der Waals surface area contributed by atoms with E-state index in [1.165, 1.54) is 5.32 Å². The summed E-state index contributed by atoms with van der Waals surface area (Å²) in [4.78, 5) is 13.9. The highest BCUT2D eigenvalue weighted by atomic mass is 35.5. The van der Waals surface area contributed by atoms with E-state index in [2.05, 4.69) is 4.99 Å². The van der Waals surface area contributed by atoms with Gasteiger partial charge in [-0.05, 0) is 6.92 Å². The van der Waals surface area contributed by atoms with Gasteiger partial charge in [0.2, 0.25) is 0 Å². The van der Waals surface area contributed by atoms with Crippen LogP contribution in [0.3, 0.4) is 0 Å². The van der Waals surface area contributed by atoms with Crippen molar-refractivity contribution in [1.82, 2.24) is 0 Å². The van der Waals surface area contributed by atoms with Crippen LogP contribution in [0.4, 0.5) is 4.79 Å². The smallest absolute Gasteiger partial charge is 0.445 e. The Balaban J connectivity index is 0.000000810. The quantitative estimate of drug-likeness (QED) is 0.380. The molecule has 4 nitrogen and oxygen atoms in total. The van der Waals surface area contributed by atoms with Gasteiger partial charge in [-0.3, -0.25) is 0 Å². The predicted octanol–water partition coefficient (Wildman–Crippen LogP) is -4.05. The van der Waals surface area contributed by atoms with Crippen LogP contribution in [-0.2, 0) is 0 Å². The molecule has 0 atom stereocenters. The zero-order chi connectivity index (χ0) is 6.85. The van der Waals surface area contributed by atoms with Crippen molar-refractivity contribution >= 4 is 11.9 Å². The van der Waals surface area contributed by atoms with Crippen LogP contribution >= 0.6 is 0 Å². The number of urea groups is 1. The molecule has 2 amide bonds. The molecule has 1 aliphatic rings. The molecular formula is C5H8ClN3O. The van der Waals surface area contributed by atoms with Gasteiger partial charge in [-0.2, -0.15) is 0 Å². The van der Waals surface area contributed by atoms with Crippen molar-refractivity contribution < 1.29 is 22.5 Å². The number of aliphatic imine (C=N–C) groups is 1. The van der Waals surface area contributed by atoms with Gasteiger partial charge < -0.3 is 18.1 Å². The van der Waals surface area contributed by atoms with Gasteiger partial charge in [0.25, 0.3) is 0 Å². The molecule has 0 radical (unpaired) electrons. The third-order valence-electron chi connectivity index (χ3n) is 1.11. The maximum absolute atomic E-state index is 10.5. The van der Waals surface area contributed by atoms with E-state index >= 15 is 0 Å². The van der Waals surface area contributed by atoms with E-state index in [-0.39, 0.29) is 18.4 Å². The minimum absolute atomic E-state index is 0. The van der Waals surface area contributed by atoms with Crippen LogP contribution < -0.4 is 23.5 Å². The summed E-state index contributed by atoms with van der Waals surface area (Å²) in [6.07, 6.45) is 1.66. The topological polar surface area (TPSA) is 72.1 Å². The summed E-state index contributed by atoms with van der Waals surface area (Å²) in [6.45, 7) is 1.81. The van der Waals surface area contributed by atoms with Gasteiger partial charge in [0, 0.05) is 5.57 Å². The lowest BCUT2D eigenvalue weighted by Crippen LogP contribution is -3.00. The lowest BCUT2D eigenvalue weighted by molar-refractivity contribution is -0.480. The molecule has 0 fully saturated rings. The normalized spacial score (nSPS) is 17.1. The molecule has 4 N–H and O–H groups in total. The SMILES string of the molecule is CC1=C[NH2+]C(=O)N=C1N.[Cl-]. The maximum atomic E-state index is 10.5. The van der Waals surface area contributed by atoms with Crippen molar-refractivity contribution in [2.75, 3.05) is 0 Å². The number of amidine groups is 1. The van der Waals surface area contributed by atoms with Crippen molar-refractivity contribution in [3.63, 3.8) is 0 Å². The largest absolute Gasteiger partial charge is 1.00 e. The second-order valence-electron chi connectivity index (χ2n) is 1.85. The predicted molar refractivity (Wildman–Crippen MR) is 32.7 cm³/mol. The molecule has 0 aromatic carbocycles. The second kappa shape index (κ2) is 3.34. The van der Waals surface area contributed by atoms with Gasteiger partial charge in [-0.15, -0.1) is 4.99 Å². The van der Waals surface area contributed by atoms with Crippen LogP contribution in [0.2, 0.25) is 0 Å². The summed E-state index contributed by atoms with van der Waals surface area (Å²) in [7, 11) is 0. The van der Waals surface area contributed by atoms with E-state index in [0.29, 0.717) is 5.84 Å². The van der Waals surface area contributed by atoms with Gasteiger partial charge in [0.1, 0.15) is 12.0 Å². The van der Waals surface area contributed by atoms with Gasteiger partial charge >= 0.3 is 6.03 Å². The number of carbonyl (C=O) groups excluding carboxylic acids is 1. The summed E-state index contributed by atoms with van der Waals surface area (Å²) >= 11 is 0. The Hall–Kier alpha value is -0.870. The van der Waals surface area contributed by atoms with Crippen LogP contribution in [0.1, 0.15) is 6.92 Å². The van der Waals surface area contributed by atoms with Crippen LogP contribution in [-0.4, -0.2) is 11.9 Å². The number of hydrogen-bond donors (Lipinski definition) is 2. The summed E-state index contributed by atoms with van der Waals surface area (Å²) in [6, 6.07) is -0.280. The summed E-state index contributed by atoms with van der Waals surface area (Å²) in [5.41, 5.74) is 6.15. The van der Waals surface area contributed by atoms with Gasteiger partial charge in [0.05, 0.1) is 0 Å². The molecule has 0 spiro atoms. The molecule has 1 heterocycles. The molecule has 0 saturated carbocycles. The molecule has 0 aliphatic carbocycles. The van der Waals surface area contributed by atoms with E-state index in [0.717, 1.165) is 5.57 Å². The standard InChI is InChI=1S/C5H7N3O.ClH/c1-3-2-7-5(9)8-4(3)6;/h2H,1H3,(H3,6,7,8,9);1H. The first-order chi connectivity index (χ1) is 4.20. The molecular weight excluding hydrogens is 154 g/mol. The van der Waals surface area contributed by atoms with E-state index < -0.39 is 0 Å². The highest BCUT2D eigenvalue weighted by Gasteiger charge is 2.10. The average molecular weight is 162 g/mol. The Morgan fingerprint density at radius 3 is 2.70 bits per heavy atom. The third-order valence-corrected chi connectivity index (χ3v) is 1.11. The fourth-order valence-corrected chi connectivity index (χ4v) is 0.526. The number of hydrogen-bond acceptors (Lipinski definition) is 2. The number of rotatable bonds is 0. The van der Waals surface area contributed by atoms with Gasteiger partial charge in [-0.1, -0.05) is 0 Å². The highest BCUT2D eigenvalue weighted by molar-refractivity contribution is 6.02. The molecule has 0 saturated heterocycles. The van der Waals surface area contributed by atoms with Crippen molar-refractivity contribution in [2.24, 2.45) is 10.7 Å². The lowest BCUT2D eigenvalue weighted by atomic mass is 10.3. The fourth-order valence-electron chi connectivity index (χ4n) is 0.526. The van der Waals surface area contributed by atoms with E-state index in [1.807, 2.05) is 6.92 Å². The number of nitrogens with two attached hydrogens (primary N) is 2. The van der Waals surface area contributed by atoms with Crippen molar-refractivity contribution in [3.8, 4) is 0 Å². The van der Waals surface area contributed by atoms with Crippen LogP contribution in [0, 0.1) is 0 Å². The lowest BCUT2D eigenvalue weighted by Gasteiger charge is -2.00. The van der Waals surface area contributed by atoms with Gasteiger partial charge in [-0.25, -0.2) is 10.1 Å². The van der Waals surface area contributed by atoms with Crippen LogP contribution in [0.25, 0.3) is 0 Å². The minimum atomic E-state index is -0.280. The van der Waals surface area contributed by atoms with Crippen molar-refractivity contribution in [2.45, 2.75) is 6.92 Å². The highest BCUT2D eigenvalue weighted by Crippen LogP contribution is 1.90. The summed E-state index contributed by atoms with van der Waals surface area (Å²) in [5.74, 6) is 0.322. The third kappa shape index (κ3) is 1.82. The Kier molecular flexibility index (Phi) is 3.05. The molecule has 5 heteroatoms. The maximum Gasteiger partial charge on any atom is 0.445 e. The molecule has 0 aromatic heterocycles. The van der Waals surface area contributed by atoms with E-state index in [9.17, 15) is 4.79 Å². The molecule has 0 bridgehead atoms. The molecule has 0 aromatic rings. The molecule has 1 aliphatic heterocycles. The minimum Gasteiger partial charge on any atom is -1.00 e. The number of nitrogens with zero attached hydrogens (tertiary/aromatic N) is 1. The zero-order valence-corrected chi connectivity index (χ0v) is 6.22. The Morgan fingerprint density at radius 2 is 2.30 bits per heavy atom. The molecule has 10 heavy (non-hydrogen) atoms. The zero-order valence-electron chi connectivity index (χ0n) is 5.47. The molecule has 1 rings (SSSR count). The second-order valence-corrected chi connectivity index (χ2v) is 1.85.